The van der Waals surface area contributed by atoms with Gasteiger partial charge in [0.05, 0.1) is 0 Å². The Morgan fingerprint density at radius 1 is 1.43 bits per heavy atom. The van der Waals surface area contributed by atoms with E-state index in [0.717, 1.165) is 0 Å². The molecule has 1 aromatic carbocycles. The molecule has 5 nitrogen and oxygen atoms in total. The number of hydrogen-bond acceptors (Lipinski definition) is 4. The van der Waals surface area contributed by atoms with Crippen LogP contribution in [0.15, 0.2) is 24.3 Å². The predicted octanol–water partition coefficient (Wildman–Crippen LogP) is 0.143. The van der Waals surface area contributed by atoms with Crippen LogP contribution in [0.3, 0.4) is 0 Å². The smallest absolute Gasteiger partial charge is 0.274 e. The predicted molar refractivity (Wildman–Crippen MR) is 50.2 cm³/mol. The third-order valence-electron chi connectivity index (χ3n) is 1.60. The van der Waals surface area contributed by atoms with Gasteiger partial charge < -0.3 is 10.5 Å². The van der Waals surface area contributed by atoms with Gasteiger partial charge in [-0.2, -0.15) is 0 Å². The second kappa shape index (κ2) is 5.21. The Morgan fingerprint density at radius 3 is 2.57 bits per heavy atom. The fourth-order valence-electron chi connectivity index (χ4n) is 0.944. The third-order valence-corrected chi connectivity index (χ3v) is 1.60. The van der Waals surface area contributed by atoms with Crippen LogP contribution in [0.1, 0.15) is 10.4 Å². The normalized spacial score (nSPS) is 9.57. The Morgan fingerprint density at radius 2 is 2.07 bits per heavy atom. The first kappa shape index (κ1) is 10.5. The van der Waals surface area contributed by atoms with Crippen molar-refractivity contribution in [3.05, 3.63) is 29.8 Å². The van der Waals surface area contributed by atoms with Gasteiger partial charge in [-0.05, 0) is 24.3 Å². The van der Waals surface area contributed by atoms with Gasteiger partial charge in [-0.3, -0.25) is 10.0 Å². The van der Waals surface area contributed by atoms with E-state index in [4.69, 9.17) is 15.7 Å². The fraction of sp³-hybridized carbons (Fsp3) is 0.222. The van der Waals surface area contributed by atoms with Crippen molar-refractivity contribution < 1.29 is 14.7 Å². The topological polar surface area (TPSA) is 84.6 Å². The summed E-state index contributed by atoms with van der Waals surface area (Å²) < 4.78 is 5.20. The van der Waals surface area contributed by atoms with Crippen molar-refractivity contribution in [2.45, 2.75) is 0 Å². The molecular weight excluding hydrogens is 184 g/mol. The number of carbonyl (C=O) groups is 1. The standard InChI is InChI=1S/C9H12N2O3/c10-5-6-14-8-3-1-7(2-4-8)9(12)11-13/h1-4,13H,5-6,10H2,(H,11,12). The van der Waals surface area contributed by atoms with Gasteiger partial charge in [-0.1, -0.05) is 0 Å². The maximum atomic E-state index is 10.9. The van der Waals surface area contributed by atoms with Gasteiger partial charge in [0, 0.05) is 12.1 Å². The lowest BCUT2D eigenvalue weighted by atomic mass is 10.2. The van der Waals surface area contributed by atoms with Crippen molar-refractivity contribution in [3.63, 3.8) is 0 Å². The van der Waals surface area contributed by atoms with E-state index < -0.39 is 5.91 Å². The van der Waals surface area contributed by atoms with Crippen LogP contribution in [0.5, 0.6) is 5.75 Å². The highest BCUT2D eigenvalue weighted by molar-refractivity contribution is 5.93. The van der Waals surface area contributed by atoms with Crippen molar-refractivity contribution >= 4 is 5.91 Å². The molecule has 0 aliphatic rings. The number of carbonyl (C=O) groups excluding carboxylic acids is 1. The molecule has 4 N–H and O–H groups in total. The van der Waals surface area contributed by atoms with Crippen molar-refractivity contribution in [2.24, 2.45) is 5.73 Å². The SMILES string of the molecule is NCCOc1ccc(C(=O)NO)cc1. The molecule has 1 aromatic rings. The van der Waals surface area contributed by atoms with E-state index in [2.05, 4.69) is 0 Å². The fourth-order valence-corrected chi connectivity index (χ4v) is 0.944. The number of hydroxylamine groups is 1. The molecule has 0 fully saturated rings. The summed E-state index contributed by atoms with van der Waals surface area (Å²) in [6, 6.07) is 6.38. The first-order chi connectivity index (χ1) is 6.77. The quantitative estimate of drug-likeness (QED) is 0.472. The van der Waals surface area contributed by atoms with E-state index in [1.807, 2.05) is 0 Å². The van der Waals surface area contributed by atoms with Gasteiger partial charge in [-0.15, -0.1) is 0 Å². The van der Waals surface area contributed by atoms with Gasteiger partial charge in [-0.25, -0.2) is 5.48 Å². The minimum atomic E-state index is -0.546. The minimum Gasteiger partial charge on any atom is -0.492 e. The summed E-state index contributed by atoms with van der Waals surface area (Å²) in [6.07, 6.45) is 0. The summed E-state index contributed by atoms with van der Waals surface area (Å²) in [5.74, 6) is 0.0975. The lowest BCUT2D eigenvalue weighted by Crippen LogP contribution is -2.18. The lowest BCUT2D eigenvalue weighted by molar-refractivity contribution is 0.0706. The minimum absolute atomic E-state index is 0.368. The summed E-state index contributed by atoms with van der Waals surface area (Å²) in [6.45, 7) is 0.879. The summed E-state index contributed by atoms with van der Waals surface area (Å²) in [5, 5.41) is 8.35. The van der Waals surface area contributed by atoms with Crippen LogP contribution >= 0.6 is 0 Å². The van der Waals surface area contributed by atoms with E-state index in [1.165, 1.54) is 0 Å². The van der Waals surface area contributed by atoms with E-state index in [9.17, 15) is 4.79 Å². The first-order valence-electron chi connectivity index (χ1n) is 4.15. The maximum absolute atomic E-state index is 10.9. The molecule has 0 saturated heterocycles. The molecule has 0 aromatic heterocycles. The average Bonchev–Trinajstić information content (AvgIpc) is 2.26. The van der Waals surface area contributed by atoms with Gasteiger partial charge in [0.15, 0.2) is 0 Å². The van der Waals surface area contributed by atoms with Crippen LogP contribution < -0.4 is 16.0 Å². The monoisotopic (exact) mass is 196 g/mol. The second-order valence-corrected chi connectivity index (χ2v) is 2.60. The summed E-state index contributed by atoms with van der Waals surface area (Å²) in [7, 11) is 0. The van der Waals surface area contributed by atoms with Gasteiger partial charge in [0.2, 0.25) is 0 Å². The summed E-state index contributed by atoms with van der Waals surface area (Å²) in [5.41, 5.74) is 7.17. The van der Waals surface area contributed by atoms with Crippen LogP contribution in [-0.4, -0.2) is 24.3 Å². The maximum Gasteiger partial charge on any atom is 0.274 e. The Labute approximate surface area is 81.4 Å². The average molecular weight is 196 g/mol. The molecule has 5 heteroatoms. The number of nitrogens with one attached hydrogen (secondary N) is 1. The largest absolute Gasteiger partial charge is 0.492 e. The second-order valence-electron chi connectivity index (χ2n) is 2.60. The molecule has 0 atom stereocenters. The van der Waals surface area contributed by atoms with E-state index in [0.29, 0.717) is 24.5 Å². The highest BCUT2D eigenvalue weighted by Crippen LogP contribution is 2.11. The Hall–Kier alpha value is -1.59. The highest BCUT2D eigenvalue weighted by Gasteiger charge is 2.02. The number of hydrogen-bond donors (Lipinski definition) is 3. The molecule has 0 heterocycles. The van der Waals surface area contributed by atoms with Gasteiger partial charge in [0.25, 0.3) is 5.91 Å². The van der Waals surface area contributed by atoms with Crippen molar-refractivity contribution in [2.75, 3.05) is 13.2 Å². The summed E-state index contributed by atoms with van der Waals surface area (Å²) in [4.78, 5) is 10.9. The Bertz CT molecular complexity index is 297. The zero-order valence-corrected chi connectivity index (χ0v) is 7.56. The zero-order chi connectivity index (χ0) is 10.4. The molecule has 0 aliphatic heterocycles. The van der Waals surface area contributed by atoms with E-state index in [1.54, 1.807) is 29.7 Å². The molecule has 0 saturated carbocycles. The van der Waals surface area contributed by atoms with Crippen LogP contribution in [0.4, 0.5) is 0 Å². The van der Waals surface area contributed by atoms with E-state index >= 15 is 0 Å². The zero-order valence-electron chi connectivity index (χ0n) is 7.56. The molecule has 1 rings (SSSR count). The molecule has 76 valence electrons. The third kappa shape index (κ3) is 2.72. The van der Waals surface area contributed by atoms with Gasteiger partial charge in [0.1, 0.15) is 12.4 Å². The first-order valence-corrected chi connectivity index (χ1v) is 4.15. The molecule has 14 heavy (non-hydrogen) atoms. The molecule has 0 aliphatic carbocycles. The van der Waals surface area contributed by atoms with Crippen LogP contribution in [-0.2, 0) is 0 Å². The number of ether oxygens (including phenoxy) is 1. The lowest BCUT2D eigenvalue weighted by Gasteiger charge is -2.04. The highest BCUT2D eigenvalue weighted by atomic mass is 16.5. The molecule has 0 bridgehead atoms. The molecular formula is C9H12N2O3. The molecule has 0 radical (unpaired) electrons. The summed E-state index contributed by atoms with van der Waals surface area (Å²) >= 11 is 0. The van der Waals surface area contributed by atoms with Crippen molar-refractivity contribution in [1.29, 1.82) is 0 Å². The molecule has 0 unspecified atom stereocenters. The number of benzene rings is 1. The van der Waals surface area contributed by atoms with Crippen LogP contribution in [0, 0.1) is 0 Å². The van der Waals surface area contributed by atoms with Crippen LogP contribution in [0.2, 0.25) is 0 Å². The van der Waals surface area contributed by atoms with Gasteiger partial charge >= 0.3 is 0 Å². The number of rotatable bonds is 4. The van der Waals surface area contributed by atoms with Crippen molar-refractivity contribution in [1.82, 2.24) is 5.48 Å². The Balaban J connectivity index is 2.63. The van der Waals surface area contributed by atoms with Crippen molar-refractivity contribution in [3.8, 4) is 5.75 Å². The number of nitrogens with two attached hydrogens (primary N) is 1. The Kier molecular flexibility index (Phi) is 3.90. The van der Waals surface area contributed by atoms with Crippen LogP contribution in [0.25, 0.3) is 0 Å². The molecule has 1 amide bonds. The van der Waals surface area contributed by atoms with E-state index in [-0.39, 0.29) is 0 Å². The molecule has 0 spiro atoms. The number of amides is 1.